The summed E-state index contributed by atoms with van der Waals surface area (Å²) in [4.78, 5) is 7.12. The molecule has 146 valence electrons. The number of nitrogens with zero attached hydrogens (tertiary/aromatic N) is 2. The van der Waals surface area contributed by atoms with E-state index in [-0.39, 0.29) is 6.54 Å². The third-order valence-corrected chi connectivity index (χ3v) is 6.34. The predicted molar refractivity (Wildman–Crippen MR) is 106 cm³/mol. The highest BCUT2D eigenvalue weighted by molar-refractivity contribution is 7.89. The van der Waals surface area contributed by atoms with Crippen LogP contribution in [0.3, 0.4) is 0 Å². The minimum atomic E-state index is -3.52. The normalized spacial score (nSPS) is 19.0. The van der Waals surface area contributed by atoms with Gasteiger partial charge in [-0.1, -0.05) is 19.1 Å². The zero-order valence-corrected chi connectivity index (χ0v) is 16.8. The van der Waals surface area contributed by atoms with E-state index in [0.717, 1.165) is 30.6 Å². The molecule has 8 heteroatoms. The third kappa shape index (κ3) is 5.69. The molecule has 0 aliphatic carbocycles. The van der Waals surface area contributed by atoms with Crippen molar-refractivity contribution in [3.05, 3.63) is 29.3 Å². The van der Waals surface area contributed by atoms with Crippen molar-refractivity contribution >= 4 is 16.0 Å². The SMILES string of the molecule is CCN1CCCC1CN=C(N)NCCNS(=O)(=O)c1cc(C)ccc1C. The third-order valence-electron chi connectivity index (χ3n) is 4.73. The summed E-state index contributed by atoms with van der Waals surface area (Å²) in [5, 5.41) is 2.97. The van der Waals surface area contributed by atoms with Crippen LogP contribution in [-0.4, -0.2) is 58.0 Å². The molecule has 1 aromatic rings. The van der Waals surface area contributed by atoms with Crippen LogP contribution < -0.4 is 15.8 Å². The minimum absolute atomic E-state index is 0.246. The van der Waals surface area contributed by atoms with Crippen molar-refractivity contribution in [2.24, 2.45) is 10.7 Å². The Morgan fingerprint density at radius 1 is 1.35 bits per heavy atom. The summed E-state index contributed by atoms with van der Waals surface area (Å²) < 4.78 is 27.4. The molecule has 1 unspecified atom stereocenters. The summed E-state index contributed by atoms with van der Waals surface area (Å²) in [6.45, 7) is 9.31. The average Bonchev–Trinajstić information content (AvgIpc) is 3.06. The average molecular weight is 382 g/mol. The van der Waals surface area contributed by atoms with Crippen LogP contribution in [0.25, 0.3) is 0 Å². The second kappa shape index (κ2) is 9.34. The number of rotatable bonds is 8. The fourth-order valence-electron chi connectivity index (χ4n) is 3.23. The van der Waals surface area contributed by atoms with Crippen molar-refractivity contribution in [3.8, 4) is 0 Å². The van der Waals surface area contributed by atoms with Crippen molar-refractivity contribution in [2.45, 2.75) is 44.6 Å². The van der Waals surface area contributed by atoms with Crippen LogP contribution in [-0.2, 0) is 10.0 Å². The van der Waals surface area contributed by atoms with Crippen LogP contribution in [0.15, 0.2) is 28.1 Å². The number of hydrogen-bond acceptors (Lipinski definition) is 4. The van der Waals surface area contributed by atoms with Gasteiger partial charge in [0.1, 0.15) is 0 Å². The summed E-state index contributed by atoms with van der Waals surface area (Å²) in [5.74, 6) is 0.360. The number of benzene rings is 1. The highest BCUT2D eigenvalue weighted by atomic mass is 32.2. The number of hydrogen-bond donors (Lipinski definition) is 3. The highest BCUT2D eigenvalue weighted by Gasteiger charge is 2.22. The van der Waals surface area contributed by atoms with Gasteiger partial charge in [-0.25, -0.2) is 13.1 Å². The molecule has 1 heterocycles. The molecule has 0 saturated carbocycles. The van der Waals surface area contributed by atoms with Crippen molar-refractivity contribution < 1.29 is 8.42 Å². The lowest BCUT2D eigenvalue weighted by Gasteiger charge is -2.21. The molecule has 1 atom stereocenters. The number of aryl methyl sites for hydroxylation is 2. The van der Waals surface area contributed by atoms with Gasteiger partial charge in [0.05, 0.1) is 11.4 Å². The molecule has 0 radical (unpaired) electrons. The van der Waals surface area contributed by atoms with E-state index in [2.05, 4.69) is 26.9 Å². The summed E-state index contributed by atoms with van der Waals surface area (Å²) in [5.41, 5.74) is 7.53. The van der Waals surface area contributed by atoms with Gasteiger partial charge in [-0.3, -0.25) is 9.89 Å². The number of likely N-dealkylation sites (tertiary alicyclic amines) is 1. The molecule has 1 fully saturated rings. The molecular formula is C18H31N5O2S. The maximum atomic E-state index is 12.4. The van der Waals surface area contributed by atoms with Crippen molar-refractivity contribution in [2.75, 3.05) is 32.7 Å². The van der Waals surface area contributed by atoms with E-state index in [9.17, 15) is 8.42 Å². The second-order valence-corrected chi connectivity index (χ2v) is 8.48. The molecule has 1 aliphatic heterocycles. The molecule has 7 nitrogen and oxygen atoms in total. The standard InChI is InChI=1S/C18H31N5O2S/c1-4-23-11-5-6-16(23)13-21-18(19)20-9-10-22-26(24,25)17-12-14(2)7-8-15(17)3/h7-8,12,16,22H,4-6,9-11,13H2,1-3H3,(H3,19,20,21). The zero-order chi connectivity index (χ0) is 19.2. The van der Waals surface area contributed by atoms with Crippen LogP contribution in [0, 0.1) is 13.8 Å². The molecule has 0 spiro atoms. The topological polar surface area (TPSA) is 99.8 Å². The van der Waals surface area contributed by atoms with Gasteiger partial charge >= 0.3 is 0 Å². The number of likely N-dealkylation sites (N-methyl/N-ethyl adjacent to an activating group) is 1. The van der Waals surface area contributed by atoms with Crippen LogP contribution >= 0.6 is 0 Å². The van der Waals surface area contributed by atoms with Crippen molar-refractivity contribution in [3.63, 3.8) is 0 Å². The maximum absolute atomic E-state index is 12.4. The van der Waals surface area contributed by atoms with Gasteiger partial charge < -0.3 is 11.1 Å². The Morgan fingerprint density at radius 3 is 2.85 bits per heavy atom. The first-order valence-electron chi connectivity index (χ1n) is 9.18. The van der Waals surface area contributed by atoms with E-state index < -0.39 is 10.0 Å². The maximum Gasteiger partial charge on any atom is 0.240 e. The number of nitrogens with two attached hydrogens (primary N) is 1. The summed E-state index contributed by atoms with van der Waals surface area (Å²) in [6, 6.07) is 5.86. The zero-order valence-electron chi connectivity index (χ0n) is 16.0. The fourth-order valence-corrected chi connectivity index (χ4v) is 4.59. The highest BCUT2D eigenvalue weighted by Crippen LogP contribution is 2.17. The number of nitrogens with one attached hydrogen (secondary N) is 2. The van der Waals surface area contributed by atoms with E-state index >= 15 is 0 Å². The first kappa shape index (κ1) is 20.7. The fraction of sp³-hybridized carbons (Fsp3) is 0.611. The number of sulfonamides is 1. The lowest BCUT2D eigenvalue weighted by Crippen LogP contribution is -2.39. The monoisotopic (exact) mass is 381 g/mol. The lowest BCUT2D eigenvalue weighted by molar-refractivity contribution is 0.273. The summed E-state index contributed by atoms with van der Waals surface area (Å²) >= 11 is 0. The number of aliphatic imine (C=N–C) groups is 1. The molecule has 1 saturated heterocycles. The van der Waals surface area contributed by atoms with Gasteiger partial charge in [0.25, 0.3) is 0 Å². The van der Waals surface area contributed by atoms with Gasteiger partial charge in [0, 0.05) is 19.1 Å². The Morgan fingerprint density at radius 2 is 2.12 bits per heavy atom. The Hall–Kier alpha value is -1.64. The molecule has 1 aliphatic rings. The number of guanidine groups is 1. The van der Waals surface area contributed by atoms with Gasteiger partial charge in [-0.05, 0) is 57.0 Å². The van der Waals surface area contributed by atoms with Gasteiger partial charge in [-0.15, -0.1) is 0 Å². The molecule has 0 aromatic heterocycles. The Balaban J connectivity index is 1.78. The van der Waals surface area contributed by atoms with Crippen molar-refractivity contribution in [1.82, 2.24) is 14.9 Å². The molecule has 26 heavy (non-hydrogen) atoms. The molecule has 0 amide bonds. The van der Waals surface area contributed by atoms with Crippen LogP contribution in [0.1, 0.15) is 30.9 Å². The molecule has 4 N–H and O–H groups in total. The smallest absolute Gasteiger partial charge is 0.240 e. The van der Waals surface area contributed by atoms with E-state index in [0.29, 0.717) is 30.0 Å². The van der Waals surface area contributed by atoms with Gasteiger partial charge in [-0.2, -0.15) is 0 Å². The van der Waals surface area contributed by atoms with Crippen LogP contribution in [0.2, 0.25) is 0 Å². The predicted octanol–water partition coefficient (Wildman–Crippen LogP) is 0.970. The quantitative estimate of drug-likeness (QED) is 0.354. The van der Waals surface area contributed by atoms with E-state index in [4.69, 9.17) is 5.73 Å². The Labute approximate surface area is 157 Å². The molecule has 0 bridgehead atoms. The second-order valence-electron chi connectivity index (χ2n) is 6.74. The first-order chi connectivity index (χ1) is 12.3. The summed E-state index contributed by atoms with van der Waals surface area (Å²) in [6.07, 6.45) is 2.36. The van der Waals surface area contributed by atoms with Crippen molar-refractivity contribution in [1.29, 1.82) is 0 Å². The molecule has 2 rings (SSSR count). The van der Waals surface area contributed by atoms with Crippen LogP contribution in [0.5, 0.6) is 0 Å². The Bertz CT molecular complexity index is 733. The first-order valence-corrected chi connectivity index (χ1v) is 10.7. The van der Waals surface area contributed by atoms with Gasteiger partial charge in [0.2, 0.25) is 10.0 Å². The lowest BCUT2D eigenvalue weighted by atomic mass is 10.2. The van der Waals surface area contributed by atoms with E-state index in [1.54, 1.807) is 13.0 Å². The van der Waals surface area contributed by atoms with E-state index in [1.165, 1.54) is 6.42 Å². The Kier molecular flexibility index (Phi) is 7.43. The van der Waals surface area contributed by atoms with Crippen LogP contribution in [0.4, 0.5) is 0 Å². The minimum Gasteiger partial charge on any atom is -0.370 e. The van der Waals surface area contributed by atoms with E-state index in [1.807, 2.05) is 19.1 Å². The largest absolute Gasteiger partial charge is 0.370 e. The summed E-state index contributed by atoms with van der Waals surface area (Å²) in [7, 11) is -3.52. The molecule has 1 aromatic carbocycles. The molecular weight excluding hydrogens is 350 g/mol. The van der Waals surface area contributed by atoms with Gasteiger partial charge in [0.15, 0.2) is 5.96 Å².